The second kappa shape index (κ2) is 6.88. The van der Waals surface area contributed by atoms with Gasteiger partial charge < -0.3 is 15.8 Å². The summed E-state index contributed by atoms with van der Waals surface area (Å²) in [6, 6.07) is 11.4. The first-order valence-electron chi connectivity index (χ1n) is 7.00. The van der Waals surface area contributed by atoms with Crippen LogP contribution in [0.1, 0.15) is 12.5 Å². The summed E-state index contributed by atoms with van der Waals surface area (Å²) in [4.78, 5) is 16.0. The van der Waals surface area contributed by atoms with Crippen LogP contribution in [-0.2, 0) is 10.3 Å². The minimum atomic E-state index is -4.44. The Balaban J connectivity index is 2.02. The molecule has 2 aromatic rings. The molecule has 0 bridgehead atoms. The highest BCUT2D eigenvalue weighted by atomic mass is 19.4. The molecule has 1 heterocycles. The number of rotatable bonds is 5. The van der Waals surface area contributed by atoms with Gasteiger partial charge in [-0.05, 0) is 18.6 Å². The Morgan fingerprint density at radius 1 is 1.21 bits per heavy atom. The highest BCUT2D eigenvalue weighted by Gasteiger charge is 2.31. The highest BCUT2D eigenvalue weighted by molar-refractivity contribution is 5.98. The molecular formula is C16H16F3N3O2. The fraction of sp³-hybridized carbons (Fsp3) is 0.250. The maximum Gasteiger partial charge on any atom is 0.422 e. The van der Waals surface area contributed by atoms with Gasteiger partial charge in [0.2, 0.25) is 11.8 Å². The van der Waals surface area contributed by atoms with Crippen LogP contribution >= 0.6 is 0 Å². The van der Waals surface area contributed by atoms with E-state index in [9.17, 15) is 18.0 Å². The average molecular weight is 339 g/mol. The molecule has 0 aliphatic heterocycles. The van der Waals surface area contributed by atoms with Gasteiger partial charge in [-0.1, -0.05) is 30.3 Å². The van der Waals surface area contributed by atoms with E-state index < -0.39 is 24.2 Å². The zero-order valence-corrected chi connectivity index (χ0v) is 12.8. The number of amides is 1. The Bertz CT molecular complexity index is 686. The van der Waals surface area contributed by atoms with Crippen LogP contribution in [-0.4, -0.2) is 23.7 Å². The van der Waals surface area contributed by atoms with Crippen LogP contribution in [0.5, 0.6) is 5.88 Å². The van der Waals surface area contributed by atoms with Gasteiger partial charge in [0, 0.05) is 6.07 Å². The van der Waals surface area contributed by atoms with Crippen molar-refractivity contribution in [3.63, 3.8) is 0 Å². The van der Waals surface area contributed by atoms with Crippen molar-refractivity contribution < 1.29 is 22.7 Å². The summed E-state index contributed by atoms with van der Waals surface area (Å²) in [6.07, 6.45) is -3.24. The fourth-order valence-electron chi connectivity index (χ4n) is 1.87. The van der Waals surface area contributed by atoms with Crippen LogP contribution in [0.4, 0.5) is 18.9 Å². The Morgan fingerprint density at radius 2 is 1.88 bits per heavy atom. The molecule has 1 aromatic carbocycles. The summed E-state index contributed by atoms with van der Waals surface area (Å²) < 4.78 is 40.7. The molecule has 1 atom stereocenters. The third-order valence-corrected chi connectivity index (χ3v) is 3.22. The van der Waals surface area contributed by atoms with E-state index in [-0.39, 0.29) is 5.88 Å². The Hall–Kier alpha value is -2.61. The van der Waals surface area contributed by atoms with E-state index in [4.69, 9.17) is 5.73 Å². The third kappa shape index (κ3) is 4.69. The summed E-state index contributed by atoms with van der Waals surface area (Å²) in [5, 5.41) is 2.58. The number of alkyl halides is 3. The largest absolute Gasteiger partial charge is 0.468 e. The number of nitrogens with one attached hydrogen (secondary N) is 1. The third-order valence-electron chi connectivity index (χ3n) is 3.22. The number of pyridine rings is 1. The summed E-state index contributed by atoms with van der Waals surface area (Å²) in [7, 11) is 0. The smallest absolute Gasteiger partial charge is 0.422 e. The van der Waals surface area contributed by atoms with Crippen molar-refractivity contribution in [2.45, 2.75) is 18.6 Å². The molecule has 128 valence electrons. The van der Waals surface area contributed by atoms with Crippen LogP contribution < -0.4 is 15.8 Å². The van der Waals surface area contributed by atoms with Crippen molar-refractivity contribution in [2.75, 3.05) is 11.9 Å². The van der Waals surface area contributed by atoms with Crippen molar-refractivity contribution >= 4 is 11.6 Å². The van der Waals surface area contributed by atoms with E-state index in [1.165, 1.54) is 18.3 Å². The van der Waals surface area contributed by atoms with Gasteiger partial charge in [0.05, 0.1) is 11.9 Å². The predicted molar refractivity (Wildman–Crippen MR) is 82.4 cm³/mol. The van der Waals surface area contributed by atoms with Gasteiger partial charge in [-0.3, -0.25) is 4.79 Å². The van der Waals surface area contributed by atoms with Crippen LogP contribution in [0, 0.1) is 0 Å². The number of carbonyl (C=O) groups is 1. The normalized spacial score (nSPS) is 13.9. The van der Waals surface area contributed by atoms with E-state index in [1.54, 1.807) is 37.3 Å². The molecule has 0 aliphatic carbocycles. The molecule has 0 radical (unpaired) electrons. The molecule has 0 aliphatic rings. The molecule has 1 amide bonds. The first-order valence-corrected chi connectivity index (χ1v) is 7.00. The number of aromatic nitrogens is 1. The monoisotopic (exact) mass is 339 g/mol. The van der Waals surface area contributed by atoms with E-state index in [0.29, 0.717) is 11.3 Å². The lowest BCUT2D eigenvalue weighted by Gasteiger charge is -2.24. The van der Waals surface area contributed by atoms with Gasteiger partial charge in [0.1, 0.15) is 5.54 Å². The molecule has 3 N–H and O–H groups in total. The average Bonchev–Trinajstić information content (AvgIpc) is 2.54. The highest BCUT2D eigenvalue weighted by Crippen LogP contribution is 2.21. The molecule has 1 aromatic heterocycles. The SMILES string of the molecule is CC(N)(C(=O)Nc1ccc(OCC(F)(F)F)nc1)c1ccccc1. The molecule has 24 heavy (non-hydrogen) atoms. The van der Waals surface area contributed by atoms with Crippen molar-refractivity contribution in [1.29, 1.82) is 0 Å². The lowest BCUT2D eigenvalue weighted by atomic mass is 9.92. The standard InChI is InChI=1S/C16H16F3N3O2/c1-15(20,11-5-3-2-4-6-11)14(23)22-12-7-8-13(21-9-12)24-10-16(17,18)19/h2-9H,10,20H2,1H3,(H,22,23). The van der Waals surface area contributed by atoms with Gasteiger partial charge >= 0.3 is 6.18 Å². The Labute approximate surface area is 136 Å². The second-order valence-electron chi connectivity index (χ2n) is 5.31. The first kappa shape index (κ1) is 17.7. The minimum Gasteiger partial charge on any atom is -0.468 e. The van der Waals surface area contributed by atoms with Gasteiger partial charge in [0.15, 0.2) is 6.61 Å². The molecule has 1 unspecified atom stereocenters. The van der Waals surface area contributed by atoms with E-state index in [0.717, 1.165) is 0 Å². The number of benzene rings is 1. The number of ether oxygens (including phenoxy) is 1. The quantitative estimate of drug-likeness (QED) is 0.878. The number of anilines is 1. The van der Waals surface area contributed by atoms with Crippen LogP contribution in [0.25, 0.3) is 0 Å². The number of nitrogens with zero attached hydrogens (tertiary/aromatic N) is 1. The Kier molecular flexibility index (Phi) is 5.08. The number of halogens is 3. The zero-order chi connectivity index (χ0) is 17.8. The maximum absolute atomic E-state index is 12.3. The Morgan fingerprint density at radius 3 is 2.42 bits per heavy atom. The fourth-order valence-corrected chi connectivity index (χ4v) is 1.87. The summed E-state index contributed by atoms with van der Waals surface area (Å²) in [5.74, 6) is -0.664. The number of hydrogen-bond donors (Lipinski definition) is 2. The molecule has 0 spiro atoms. The number of nitrogens with two attached hydrogens (primary N) is 1. The topological polar surface area (TPSA) is 77.2 Å². The van der Waals surface area contributed by atoms with Gasteiger partial charge in [-0.15, -0.1) is 0 Å². The van der Waals surface area contributed by atoms with Gasteiger partial charge in [0.25, 0.3) is 0 Å². The van der Waals surface area contributed by atoms with Gasteiger partial charge in [-0.2, -0.15) is 13.2 Å². The summed E-state index contributed by atoms with van der Waals surface area (Å²) >= 11 is 0. The predicted octanol–water partition coefficient (Wildman–Crippen LogP) is 2.84. The minimum absolute atomic E-state index is 0.191. The van der Waals surface area contributed by atoms with Crippen LogP contribution in [0.3, 0.4) is 0 Å². The van der Waals surface area contributed by atoms with Crippen molar-refractivity contribution in [2.24, 2.45) is 5.73 Å². The van der Waals surface area contributed by atoms with E-state index in [1.807, 2.05) is 0 Å². The maximum atomic E-state index is 12.3. The number of carbonyl (C=O) groups excluding carboxylic acids is 1. The molecule has 5 nitrogen and oxygen atoms in total. The van der Waals surface area contributed by atoms with Crippen molar-refractivity contribution in [3.8, 4) is 5.88 Å². The van der Waals surface area contributed by atoms with Crippen molar-refractivity contribution in [3.05, 3.63) is 54.2 Å². The lowest BCUT2D eigenvalue weighted by Crippen LogP contribution is -2.45. The molecule has 8 heteroatoms. The molecule has 0 saturated heterocycles. The van der Waals surface area contributed by atoms with E-state index in [2.05, 4.69) is 15.0 Å². The second-order valence-corrected chi connectivity index (χ2v) is 5.31. The molecule has 0 fully saturated rings. The first-order chi connectivity index (χ1) is 11.2. The molecular weight excluding hydrogens is 323 g/mol. The molecule has 0 saturated carbocycles. The zero-order valence-electron chi connectivity index (χ0n) is 12.8. The summed E-state index contributed by atoms with van der Waals surface area (Å²) in [5.41, 5.74) is 5.73. The van der Waals surface area contributed by atoms with E-state index >= 15 is 0 Å². The van der Waals surface area contributed by atoms with Crippen LogP contribution in [0.2, 0.25) is 0 Å². The summed E-state index contributed by atoms with van der Waals surface area (Å²) in [6.45, 7) is 0.131. The van der Waals surface area contributed by atoms with Crippen molar-refractivity contribution in [1.82, 2.24) is 4.98 Å². The van der Waals surface area contributed by atoms with Gasteiger partial charge in [-0.25, -0.2) is 4.98 Å². The molecule has 2 rings (SSSR count). The lowest BCUT2D eigenvalue weighted by molar-refractivity contribution is -0.154. The number of hydrogen-bond acceptors (Lipinski definition) is 4. The van der Waals surface area contributed by atoms with Crippen LogP contribution in [0.15, 0.2) is 48.7 Å².